The van der Waals surface area contributed by atoms with Crippen LogP contribution in [0.15, 0.2) is 29.8 Å². The lowest BCUT2D eigenvalue weighted by molar-refractivity contribution is 0.405. The maximum atomic E-state index is 9.91. The second-order valence-electron chi connectivity index (χ2n) is 4.21. The van der Waals surface area contributed by atoms with E-state index in [1.54, 1.807) is 24.5 Å². The Morgan fingerprint density at radius 1 is 1.47 bits per heavy atom. The first kappa shape index (κ1) is 13.8. The van der Waals surface area contributed by atoms with Crippen LogP contribution in [0.1, 0.15) is 30.0 Å². The van der Waals surface area contributed by atoms with Crippen LogP contribution in [0, 0.1) is 0 Å². The number of benzene rings is 1. The Balaban J connectivity index is 2.01. The number of aromatic hydroxyl groups is 1. The molecule has 0 amide bonds. The number of nitrogens with zero attached hydrogens (tertiary/aromatic N) is 1. The predicted octanol–water partition coefficient (Wildman–Crippen LogP) is 3.10. The first-order valence-electron chi connectivity index (χ1n) is 6.23. The number of thiazole rings is 1. The Morgan fingerprint density at radius 3 is 2.89 bits per heavy atom. The Labute approximate surface area is 117 Å². The molecule has 19 heavy (non-hydrogen) atoms. The SMILES string of the molecule is CCC(NCc1ccc(OC)cc1O)c1nccs1. The highest BCUT2D eigenvalue weighted by Crippen LogP contribution is 2.25. The number of ether oxygens (including phenoxy) is 1. The number of phenolic OH excluding ortho intramolecular Hbond substituents is 1. The zero-order chi connectivity index (χ0) is 13.7. The van der Waals surface area contributed by atoms with Crippen LogP contribution >= 0.6 is 11.3 Å². The zero-order valence-electron chi connectivity index (χ0n) is 11.1. The number of hydrogen-bond acceptors (Lipinski definition) is 5. The van der Waals surface area contributed by atoms with E-state index in [9.17, 15) is 5.11 Å². The molecule has 1 heterocycles. The molecule has 0 fully saturated rings. The van der Waals surface area contributed by atoms with Gasteiger partial charge in [-0.2, -0.15) is 0 Å². The van der Waals surface area contributed by atoms with E-state index in [0.29, 0.717) is 12.3 Å². The molecule has 1 unspecified atom stereocenters. The molecule has 0 bridgehead atoms. The van der Waals surface area contributed by atoms with E-state index in [0.717, 1.165) is 17.0 Å². The minimum Gasteiger partial charge on any atom is -0.507 e. The Kier molecular flexibility index (Phi) is 4.76. The molecular weight excluding hydrogens is 260 g/mol. The smallest absolute Gasteiger partial charge is 0.123 e. The summed E-state index contributed by atoms with van der Waals surface area (Å²) in [6.45, 7) is 2.72. The second-order valence-corrected chi connectivity index (χ2v) is 5.13. The maximum Gasteiger partial charge on any atom is 0.123 e. The van der Waals surface area contributed by atoms with E-state index in [1.165, 1.54) is 0 Å². The summed E-state index contributed by atoms with van der Waals surface area (Å²) < 4.78 is 5.07. The van der Waals surface area contributed by atoms with Crippen molar-refractivity contribution >= 4 is 11.3 Å². The Bertz CT molecular complexity index is 514. The summed E-state index contributed by atoms with van der Waals surface area (Å²) in [4.78, 5) is 4.32. The number of nitrogens with one attached hydrogen (secondary N) is 1. The molecule has 0 aliphatic carbocycles. The summed E-state index contributed by atoms with van der Waals surface area (Å²) in [6, 6.07) is 5.57. The van der Waals surface area contributed by atoms with Gasteiger partial charge in [0, 0.05) is 29.8 Å². The second kappa shape index (κ2) is 6.54. The van der Waals surface area contributed by atoms with Gasteiger partial charge < -0.3 is 15.2 Å². The molecule has 0 spiro atoms. The Morgan fingerprint density at radius 2 is 2.32 bits per heavy atom. The molecule has 1 atom stereocenters. The van der Waals surface area contributed by atoms with Gasteiger partial charge in [0.05, 0.1) is 13.2 Å². The van der Waals surface area contributed by atoms with Gasteiger partial charge in [0.15, 0.2) is 0 Å². The van der Waals surface area contributed by atoms with Crippen molar-refractivity contribution in [3.63, 3.8) is 0 Å². The molecular formula is C14H18N2O2S. The largest absolute Gasteiger partial charge is 0.507 e. The molecule has 2 N–H and O–H groups in total. The third-order valence-electron chi connectivity index (χ3n) is 2.99. The van der Waals surface area contributed by atoms with Crippen molar-refractivity contribution in [2.24, 2.45) is 0 Å². The van der Waals surface area contributed by atoms with Crippen molar-refractivity contribution in [2.75, 3.05) is 7.11 Å². The summed E-state index contributed by atoms with van der Waals surface area (Å²) in [5.41, 5.74) is 0.857. The van der Waals surface area contributed by atoms with Crippen LogP contribution in [0.3, 0.4) is 0 Å². The molecule has 0 saturated heterocycles. The summed E-state index contributed by atoms with van der Waals surface area (Å²) >= 11 is 1.64. The molecule has 102 valence electrons. The fourth-order valence-corrected chi connectivity index (χ4v) is 2.66. The van der Waals surface area contributed by atoms with Gasteiger partial charge in [0.2, 0.25) is 0 Å². The molecule has 5 heteroatoms. The van der Waals surface area contributed by atoms with E-state index in [1.807, 2.05) is 23.7 Å². The molecule has 4 nitrogen and oxygen atoms in total. The average Bonchev–Trinajstić information content (AvgIpc) is 2.95. The highest BCUT2D eigenvalue weighted by Gasteiger charge is 2.12. The summed E-state index contributed by atoms with van der Waals surface area (Å²) in [5, 5.41) is 16.4. The lowest BCUT2D eigenvalue weighted by atomic mass is 10.1. The minimum atomic E-state index is 0.224. The van der Waals surface area contributed by atoms with Gasteiger partial charge in [-0.15, -0.1) is 11.3 Å². The van der Waals surface area contributed by atoms with Crippen LogP contribution in [0.4, 0.5) is 0 Å². The van der Waals surface area contributed by atoms with Crippen molar-refractivity contribution in [3.05, 3.63) is 40.3 Å². The average molecular weight is 278 g/mol. The van der Waals surface area contributed by atoms with Crippen molar-refractivity contribution in [1.82, 2.24) is 10.3 Å². The number of methoxy groups -OCH3 is 1. The van der Waals surface area contributed by atoms with Gasteiger partial charge >= 0.3 is 0 Å². The van der Waals surface area contributed by atoms with Crippen LogP contribution in [0.5, 0.6) is 11.5 Å². The van der Waals surface area contributed by atoms with E-state index < -0.39 is 0 Å². The van der Waals surface area contributed by atoms with E-state index in [-0.39, 0.29) is 11.8 Å². The first-order chi connectivity index (χ1) is 9.24. The van der Waals surface area contributed by atoms with Crippen molar-refractivity contribution in [1.29, 1.82) is 0 Å². The molecule has 1 aromatic carbocycles. The first-order valence-corrected chi connectivity index (χ1v) is 7.11. The van der Waals surface area contributed by atoms with Crippen LogP contribution in [0.25, 0.3) is 0 Å². The van der Waals surface area contributed by atoms with E-state index >= 15 is 0 Å². The van der Waals surface area contributed by atoms with Gasteiger partial charge in [-0.1, -0.05) is 13.0 Å². The molecule has 0 saturated carbocycles. The topological polar surface area (TPSA) is 54.4 Å². The quantitative estimate of drug-likeness (QED) is 0.852. The molecule has 0 aliphatic rings. The monoisotopic (exact) mass is 278 g/mol. The van der Waals surface area contributed by atoms with Crippen molar-refractivity contribution in [3.8, 4) is 11.5 Å². The van der Waals surface area contributed by atoms with Gasteiger partial charge in [0.1, 0.15) is 16.5 Å². The van der Waals surface area contributed by atoms with Gasteiger partial charge in [-0.25, -0.2) is 4.98 Å². The third kappa shape index (κ3) is 3.45. The van der Waals surface area contributed by atoms with Gasteiger partial charge in [-0.05, 0) is 12.5 Å². The maximum absolute atomic E-state index is 9.91. The summed E-state index contributed by atoms with van der Waals surface area (Å²) in [6.07, 6.45) is 2.78. The van der Waals surface area contributed by atoms with Crippen LogP contribution in [-0.2, 0) is 6.54 Å². The van der Waals surface area contributed by atoms with Gasteiger partial charge in [0.25, 0.3) is 0 Å². The molecule has 2 rings (SSSR count). The molecule has 0 aliphatic heterocycles. The van der Waals surface area contributed by atoms with Crippen LogP contribution in [0.2, 0.25) is 0 Å². The molecule has 2 aromatic rings. The Hall–Kier alpha value is -1.59. The fraction of sp³-hybridized carbons (Fsp3) is 0.357. The lowest BCUT2D eigenvalue weighted by Gasteiger charge is -2.15. The number of phenols is 1. The standard InChI is InChI=1S/C14H18N2O2S/c1-3-12(14-15-6-7-19-14)16-9-10-4-5-11(18-2)8-13(10)17/h4-8,12,16-17H,3,9H2,1-2H3. The molecule has 1 aromatic heterocycles. The highest BCUT2D eigenvalue weighted by atomic mass is 32.1. The number of rotatable bonds is 6. The highest BCUT2D eigenvalue weighted by molar-refractivity contribution is 7.09. The minimum absolute atomic E-state index is 0.224. The van der Waals surface area contributed by atoms with Crippen LogP contribution < -0.4 is 10.1 Å². The van der Waals surface area contributed by atoms with Crippen LogP contribution in [-0.4, -0.2) is 17.2 Å². The lowest BCUT2D eigenvalue weighted by Crippen LogP contribution is -2.20. The fourth-order valence-electron chi connectivity index (χ4n) is 1.87. The zero-order valence-corrected chi connectivity index (χ0v) is 11.9. The molecule has 0 radical (unpaired) electrons. The summed E-state index contributed by atoms with van der Waals surface area (Å²) in [7, 11) is 1.59. The van der Waals surface area contributed by atoms with Crippen molar-refractivity contribution < 1.29 is 9.84 Å². The normalized spacial score (nSPS) is 12.3. The summed E-state index contributed by atoms with van der Waals surface area (Å²) in [5.74, 6) is 0.911. The number of aromatic nitrogens is 1. The third-order valence-corrected chi connectivity index (χ3v) is 3.88. The van der Waals surface area contributed by atoms with Crippen molar-refractivity contribution in [2.45, 2.75) is 25.9 Å². The number of hydrogen-bond donors (Lipinski definition) is 2. The predicted molar refractivity (Wildman–Crippen MR) is 76.6 cm³/mol. The van der Waals surface area contributed by atoms with E-state index in [4.69, 9.17) is 4.74 Å². The van der Waals surface area contributed by atoms with Gasteiger partial charge in [-0.3, -0.25) is 0 Å². The van der Waals surface area contributed by atoms with E-state index in [2.05, 4.69) is 17.2 Å².